The van der Waals surface area contributed by atoms with Gasteiger partial charge in [0.1, 0.15) is 11.9 Å². The van der Waals surface area contributed by atoms with E-state index in [0.29, 0.717) is 32.3 Å². The van der Waals surface area contributed by atoms with Crippen LogP contribution in [0, 0.1) is 0 Å². The number of guanidine groups is 1. The predicted molar refractivity (Wildman–Crippen MR) is 142 cm³/mol. The maximum absolute atomic E-state index is 12.3. The highest BCUT2D eigenvalue weighted by Gasteiger charge is 2.23. The summed E-state index contributed by atoms with van der Waals surface area (Å²) in [5, 5.41) is 9.50. The number of nitrogens with one attached hydrogen (secondary N) is 3. The lowest BCUT2D eigenvalue weighted by Gasteiger charge is -2.14. The summed E-state index contributed by atoms with van der Waals surface area (Å²) in [6.45, 7) is 2.48. The molecule has 1 aliphatic heterocycles. The predicted octanol–water partition coefficient (Wildman–Crippen LogP) is 4.02. The molecule has 180 valence electrons. The zero-order valence-corrected chi connectivity index (χ0v) is 21.5. The van der Waals surface area contributed by atoms with E-state index in [-0.39, 0.29) is 36.0 Å². The van der Waals surface area contributed by atoms with Gasteiger partial charge in [0.15, 0.2) is 5.96 Å². The Balaban J connectivity index is 0.00000385. The number of methoxy groups -OCH3 is 1. The number of hydrogen-bond acceptors (Lipinski definition) is 5. The van der Waals surface area contributed by atoms with Crippen LogP contribution in [0.25, 0.3) is 0 Å². The van der Waals surface area contributed by atoms with Gasteiger partial charge in [-0.15, -0.1) is 24.0 Å². The molecule has 3 rings (SSSR count). The van der Waals surface area contributed by atoms with Gasteiger partial charge in [-0.05, 0) is 42.7 Å². The van der Waals surface area contributed by atoms with Crippen molar-refractivity contribution in [2.24, 2.45) is 4.99 Å². The summed E-state index contributed by atoms with van der Waals surface area (Å²) < 4.78 is 16.2. The van der Waals surface area contributed by atoms with Crippen LogP contribution in [0.3, 0.4) is 0 Å². The third-order valence-electron chi connectivity index (χ3n) is 4.96. The first-order chi connectivity index (χ1) is 15.7. The van der Waals surface area contributed by atoms with Crippen LogP contribution in [0.15, 0.2) is 53.5 Å². The van der Waals surface area contributed by atoms with Gasteiger partial charge in [0.25, 0.3) is 5.91 Å². The van der Waals surface area contributed by atoms with E-state index in [4.69, 9.17) is 14.2 Å². The molecule has 0 aliphatic carbocycles. The first kappa shape index (κ1) is 26.9. The lowest BCUT2D eigenvalue weighted by Crippen LogP contribution is -2.30. The second-order valence-electron chi connectivity index (χ2n) is 7.46. The molecule has 0 bridgehead atoms. The van der Waals surface area contributed by atoms with Gasteiger partial charge in [-0.2, -0.15) is 0 Å². The van der Waals surface area contributed by atoms with Gasteiger partial charge in [-0.1, -0.05) is 18.2 Å². The Labute approximate surface area is 212 Å². The largest absolute Gasteiger partial charge is 0.493 e. The highest BCUT2D eigenvalue weighted by Crippen LogP contribution is 2.18. The van der Waals surface area contributed by atoms with Crippen LogP contribution in [0.4, 0.5) is 11.4 Å². The molecule has 9 heteroatoms. The molecule has 0 saturated carbocycles. The average molecular weight is 568 g/mol. The fourth-order valence-electron chi connectivity index (χ4n) is 3.32. The number of carbonyl (C=O) groups is 1. The van der Waals surface area contributed by atoms with E-state index < -0.39 is 0 Å². The molecule has 2 aromatic carbocycles. The molecule has 1 heterocycles. The Hall–Kier alpha value is -2.37. The van der Waals surface area contributed by atoms with Crippen LogP contribution >= 0.6 is 24.0 Å². The van der Waals surface area contributed by atoms with Crippen molar-refractivity contribution < 1.29 is 19.0 Å². The molecule has 0 spiro atoms. The molecular weight excluding hydrogens is 535 g/mol. The van der Waals surface area contributed by atoms with Crippen molar-refractivity contribution in [2.75, 3.05) is 44.6 Å². The van der Waals surface area contributed by atoms with E-state index in [1.54, 1.807) is 14.2 Å². The zero-order valence-electron chi connectivity index (χ0n) is 19.1. The molecule has 1 fully saturated rings. The zero-order chi connectivity index (χ0) is 22.6. The van der Waals surface area contributed by atoms with E-state index in [1.165, 1.54) is 0 Å². The minimum atomic E-state index is -0.348. The maximum atomic E-state index is 12.3. The highest BCUT2D eigenvalue weighted by atomic mass is 127. The van der Waals surface area contributed by atoms with Crippen LogP contribution in [-0.4, -0.2) is 51.9 Å². The van der Waals surface area contributed by atoms with Gasteiger partial charge in [0.2, 0.25) is 0 Å². The quantitative estimate of drug-likeness (QED) is 0.174. The van der Waals surface area contributed by atoms with Crippen molar-refractivity contribution in [1.82, 2.24) is 5.32 Å². The summed E-state index contributed by atoms with van der Waals surface area (Å²) in [4.78, 5) is 16.6. The van der Waals surface area contributed by atoms with E-state index in [0.717, 1.165) is 42.0 Å². The fraction of sp³-hybridized carbons (Fsp3) is 0.417. The minimum Gasteiger partial charge on any atom is -0.493 e. The molecule has 1 amide bonds. The van der Waals surface area contributed by atoms with Crippen LogP contribution < -0.4 is 20.7 Å². The second kappa shape index (κ2) is 14.7. The molecule has 2 aromatic rings. The molecule has 33 heavy (non-hydrogen) atoms. The number of hydrogen-bond donors (Lipinski definition) is 3. The first-order valence-corrected chi connectivity index (χ1v) is 10.9. The number of rotatable bonds is 10. The minimum absolute atomic E-state index is 0. The molecule has 1 saturated heterocycles. The number of ether oxygens (including phenoxy) is 3. The number of halogens is 1. The number of anilines is 2. The molecule has 3 N–H and O–H groups in total. The lowest BCUT2D eigenvalue weighted by molar-refractivity contribution is -0.124. The second-order valence-corrected chi connectivity index (χ2v) is 7.46. The Kier molecular flexibility index (Phi) is 12.0. The molecule has 0 aromatic heterocycles. The molecule has 1 atom stereocenters. The molecule has 1 aliphatic rings. The van der Waals surface area contributed by atoms with Crippen LogP contribution in [0.1, 0.15) is 24.8 Å². The Morgan fingerprint density at radius 2 is 1.91 bits per heavy atom. The summed E-state index contributed by atoms with van der Waals surface area (Å²) in [5.41, 5.74) is 2.65. The SMILES string of the molecule is CN=C(NCc1cccc(NC(=O)C2CCCO2)c1)Nc1cccc(OCCCOC)c1.I. The van der Waals surface area contributed by atoms with Crippen LogP contribution in [0.5, 0.6) is 5.75 Å². The fourth-order valence-corrected chi connectivity index (χ4v) is 3.32. The summed E-state index contributed by atoms with van der Waals surface area (Å²) >= 11 is 0. The van der Waals surface area contributed by atoms with Crippen LogP contribution in [-0.2, 0) is 20.8 Å². The van der Waals surface area contributed by atoms with E-state index >= 15 is 0 Å². The van der Waals surface area contributed by atoms with Crippen LogP contribution in [0.2, 0.25) is 0 Å². The smallest absolute Gasteiger partial charge is 0.253 e. The van der Waals surface area contributed by atoms with Crippen molar-refractivity contribution >= 4 is 47.2 Å². The number of aliphatic imine (C=N–C) groups is 1. The number of amides is 1. The average Bonchev–Trinajstić information content (AvgIpc) is 3.35. The van der Waals surface area contributed by atoms with E-state index in [1.807, 2.05) is 48.5 Å². The monoisotopic (exact) mass is 568 g/mol. The Morgan fingerprint density at radius 3 is 2.64 bits per heavy atom. The third-order valence-corrected chi connectivity index (χ3v) is 4.96. The Morgan fingerprint density at radius 1 is 1.12 bits per heavy atom. The molecular formula is C24H33IN4O4. The van der Waals surface area contributed by atoms with Crippen molar-refractivity contribution in [3.8, 4) is 5.75 Å². The van der Waals surface area contributed by atoms with Gasteiger partial charge in [-0.25, -0.2) is 0 Å². The van der Waals surface area contributed by atoms with Gasteiger partial charge < -0.3 is 30.2 Å². The van der Waals surface area contributed by atoms with Gasteiger partial charge in [0, 0.05) is 57.8 Å². The number of benzene rings is 2. The van der Waals surface area contributed by atoms with E-state index in [9.17, 15) is 4.79 Å². The lowest BCUT2D eigenvalue weighted by atomic mass is 10.2. The molecule has 8 nitrogen and oxygen atoms in total. The van der Waals surface area contributed by atoms with Gasteiger partial charge in [0.05, 0.1) is 6.61 Å². The van der Waals surface area contributed by atoms with Crippen molar-refractivity contribution in [3.63, 3.8) is 0 Å². The molecule has 1 unspecified atom stereocenters. The van der Waals surface area contributed by atoms with E-state index in [2.05, 4.69) is 20.9 Å². The summed E-state index contributed by atoms with van der Waals surface area (Å²) in [5.74, 6) is 1.33. The first-order valence-electron chi connectivity index (χ1n) is 10.9. The van der Waals surface area contributed by atoms with Crippen molar-refractivity contribution in [3.05, 3.63) is 54.1 Å². The highest BCUT2D eigenvalue weighted by molar-refractivity contribution is 14.0. The number of nitrogens with zero attached hydrogens (tertiary/aromatic N) is 1. The maximum Gasteiger partial charge on any atom is 0.253 e. The topological polar surface area (TPSA) is 93.2 Å². The summed E-state index contributed by atoms with van der Waals surface area (Å²) in [7, 11) is 3.40. The van der Waals surface area contributed by atoms with Crippen molar-refractivity contribution in [2.45, 2.75) is 31.9 Å². The Bertz CT molecular complexity index is 904. The van der Waals surface area contributed by atoms with Gasteiger partial charge in [-0.3, -0.25) is 9.79 Å². The normalized spacial score (nSPS) is 15.5. The summed E-state index contributed by atoms with van der Waals surface area (Å²) in [6, 6.07) is 15.5. The number of carbonyl (C=O) groups excluding carboxylic acids is 1. The summed E-state index contributed by atoms with van der Waals surface area (Å²) in [6.07, 6.45) is 2.19. The standard InChI is InChI=1S/C24H32N4O4.HI/c1-25-24(28-20-9-4-10-21(16-20)31-14-6-12-30-2)26-17-18-7-3-8-19(15-18)27-23(29)22-11-5-13-32-22;/h3-4,7-10,15-16,22H,5-6,11-14,17H2,1-2H3,(H,27,29)(H2,25,26,28);1H. The molecule has 0 radical (unpaired) electrons. The van der Waals surface area contributed by atoms with Gasteiger partial charge >= 0.3 is 0 Å². The third kappa shape index (κ3) is 9.18. The van der Waals surface area contributed by atoms with Crippen molar-refractivity contribution in [1.29, 1.82) is 0 Å².